The molecule has 0 aromatic heterocycles. The van der Waals surface area contributed by atoms with Crippen LogP contribution in [-0.4, -0.2) is 56.0 Å². The molecule has 0 N–H and O–H groups in total. The third-order valence-corrected chi connectivity index (χ3v) is 8.87. The standard InChI is InChI=1S/C24H28N2O5S2/c1-3-4-12-31-20-7-5-6-18(14-20)26-21-15-33(28,29)16-22(21)32-24(26)25-23(27)13-17-8-10-19(30-2)11-9-17/h5-11,14,21-22H,3-4,12-13,15-16H2,1-2H3/t21-,22+/m1/s1. The van der Waals surface area contributed by atoms with Crippen molar-refractivity contribution >= 4 is 38.4 Å². The molecule has 2 heterocycles. The molecule has 33 heavy (non-hydrogen) atoms. The number of hydrogen-bond donors (Lipinski definition) is 0. The fraction of sp³-hybridized carbons (Fsp3) is 0.417. The topological polar surface area (TPSA) is 85.3 Å². The van der Waals surface area contributed by atoms with Crippen LogP contribution in [0.3, 0.4) is 0 Å². The van der Waals surface area contributed by atoms with Crippen LogP contribution in [0, 0.1) is 0 Å². The van der Waals surface area contributed by atoms with E-state index < -0.39 is 9.84 Å². The lowest BCUT2D eigenvalue weighted by atomic mass is 10.1. The van der Waals surface area contributed by atoms with E-state index in [-0.39, 0.29) is 35.1 Å². The highest BCUT2D eigenvalue weighted by atomic mass is 32.2. The van der Waals surface area contributed by atoms with E-state index in [0.717, 1.165) is 35.6 Å². The zero-order chi connectivity index (χ0) is 23.4. The average Bonchev–Trinajstić information content (AvgIpc) is 3.25. The summed E-state index contributed by atoms with van der Waals surface area (Å²) in [6.07, 6.45) is 2.16. The first-order chi connectivity index (χ1) is 15.9. The van der Waals surface area contributed by atoms with Gasteiger partial charge < -0.3 is 14.4 Å². The van der Waals surface area contributed by atoms with Crippen LogP contribution >= 0.6 is 11.8 Å². The third kappa shape index (κ3) is 5.70. The van der Waals surface area contributed by atoms with Crippen LogP contribution in [0.4, 0.5) is 5.69 Å². The van der Waals surface area contributed by atoms with Crippen molar-refractivity contribution in [2.75, 3.05) is 30.1 Å². The van der Waals surface area contributed by atoms with Gasteiger partial charge in [0.05, 0.1) is 37.7 Å². The van der Waals surface area contributed by atoms with Crippen LogP contribution in [0.25, 0.3) is 0 Å². The van der Waals surface area contributed by atoms with E-state index in [4.69, 9.17) is 9.47 Å². The molecule has 0 aliphatic carbocycles. The van der Waals surface area contributed by atoms with Crippen LogP contribution < -0.4 is 14.4 Å². The number of amides is 1. The number of aliphatic imine (C=N–C) groups is 1. The van der Waals surface area contributed by atoms with Gasteiger partial charge in [-0.25, -0.2) is 8.42 Å². The van der Waals surface area contributed by atoms with Crippen molar-refractivity contribution in [3.05, 3.63) is 54.1 Å². The Kier molecular flexibility index (Phi) is 7.29. The lowest BCUT2D eigenvalue weighted by Crippen LogP contribution is -2.37. The number of rotatable bonds is 8. The smallest absolute Gasteiger partial charge is 0.252 e. The summed E-state index contributed by atoms with van der Waals surface area (Å²) in [6.45, 7) is 2.73. The molecule has 0 bridgehead atoms. The second-order valence-electron chi connectivity index (χ2n) is 8.18. The minimum atomic E-state index is -3.13. The number of carbonyl (C=O) groups excluding carboxylic acids is 1. The Morgan fingerprint density at radius 1 is 1.15 bits per heavy atom. The molecular formula is C24H28N2O5S2. The number of nitrogens with zero attached hydrogens (tertiary/aromatic N) is 2. The number of anilines is 1. The van der Waals surface area contributed by atoms with E-state index in [2.05, 4.69) is 11.9 Å². The number of fused-ring (bicyclic) bond motifs is 1. The fourth-order valence-corrected chi connectivity index (χ4v) is 7.92. The van der Waals surface area contributed by atoms with Crippen LogP contribution in [0.15, 0.2) is 53.5 Å². The number of hydrogen-bond acceptors (Lipinski definition) is 6. The highest BCUT2D eigenvalue weighted by molar-refractivity contribution is 8.16. The van der Waals surface area contributed by atoms with Gasteiger partial charge in [-0.1, -0.05) is 43.3 Å². The van der Waals surface area contributed by atoms with E-state index >= 15 is 0 Å². The quantitative estimate of drug-likeness (QED) is 0.524. The summed E-state index contributed by atoms with van der Waals surface area (Å²) < 4.78 is 35.6. The monoisotopic (exact) mass is 488 g/mol. The molecule has 0 radical (unpaired) electrons. The molecular weight excluding hydrogens is 460 g/mol. The first-order valence-corrected chi connectivity index (χ1v) is 13.7. The molecule has 0 saturated carbocycles. The largest absolute Gasteiger partial charge is 0.497 e. The number of thioether (sulfide) groups is 1. The predicted molar refractivity (Wildman–Crippen MR) is 132 cm³/mol. The van der Waals surface area contributed by atoms with Gasteiger partial charge >= 0.3 is 0 Å². The summed E-state index contributed by atoms with van der Waals surface area (Å²) in [6, 6.07) is 14.6. The van der Waals surface area contributed by atoms with E-state index in [1.165, 1.54) is 11.8 Å². The predicted octanol–water partition coefficient (Wildman–Crippen LogP) is 3.72. The number of unbranched alkanes of at least 4 members (excludes halogenated alkanes) is 1. The zero-order valence-electron chi connectivity index (χ0n) is 18.8. The lowest BCUT2D eigenvalue weighted by Gasteiger charge is -2.25. The molecule has 2 fully saturated rings. The summed E-state index contributed by atoms with van der Waals surface area (Å²) in [7, 11) is -1.53. The Balaban J connectivity index is 1.58. The second-order valence-corrected chi connectivity index (χ2v) is 11.5. The molecule has 1 amide bonds. The lowest BCUT2D eigenvalue weighted by molar-refractivity contribution is -0.117. The van der Waals surface area contributed by atoms with E-state index in [1.807, 2.05) is 53.4 Å². The van der Waals surface area contributed by atoms with E-state index in [1.54, 1.807) is 7.11 Å². The molecule has 2 aromatic rings. The molecule has 0 unspecified atom stereocenters. The molecule has 2 aromatic carbocycles. The minimum Gasteiger partial charge on any atom is -0.497 e. The summed E-state index contributed by atoms with van der Waals surface area (Å²) in [5.74, 6) is 1.32. The summed E-state index contributed by atoms with van der Waals surface area (Å²) in [4.78, 5) is 19.1. The van der Waals surface area contributed by atoms with Crippen molar-refractivity contribution in [3.63, 3.8) is 0 Å². The Hall–Kier alpha value is -2.52. The number of benzene rings is 2. The number of methoxy groups -OCH3 is 1. The Morgan fingerprint density at radius 3 is 2.67 bits per heavy atom. The van der Waals surface area contributed by atoms with Crippen molar-refractivity contribution in [2.24, 2.45) is 4.99 Å². The molecule has 7 nitrogen and oxygen atoms in total. The van der Waals surface area contributed by atoms with E-state index in [0.29, 0.717) is 11.8 Å². The van der Waals surface area contributed by atoms with Crippen LogP contribution in [0.2, 0.25) is 0 Å². The van der Waals surface area contributed by atoms with Gasteiger partial charge in [0, 0.05) is 17.0 Å². The number of sulfone groups is 1. The van der Waals surface area contributed by atoms with E-state index in [9.17, 15) is 13.2 Å². The highest BCUT2D eigenvalue weighted by Crippen LogP contribution is 2.41. The summed E-state index contributed by atoms with van der Waals surface area (Å²) in [5, 5.41) is 0.399. The van der Waals surface area contributed by atoms with Crippen molar-refractivity contribution in [3.8, 4) is 11.5 Å². The Labute approximate surface area is 199 Å². The maximum absolute atomic E-state index is 12.8. The SMILES string of the molecule is CCCCOc1cccc(N2C(=NC(=O)Cc3ccc(OC)cc3)S[C@H]3CS(=O)(=O)C[C@H]32)c1. The summed E-state index contributed by atoms with van der Waals surface area (Å²) in [5.41, 5.74) is 1.63. The van der Waals surface area contributed by atoms with Gasteiger partial charge in [0.25, 0.3) is 5.91 Å². The first-order valence-electron chi connectivity index (χ1n) is 11.0. The molecule has 4 rings (SSSR count). The number of carbonyl (C=O) groups is 1. The number of amidine groups is 1. The maximum Gasteiger partial charge on any atom is 0.252 e. The van der Waals surface area contributed by atoms with Gasteiger partial charge in [-0.15, -0.1) is 0 Å². The normalized spacial score (nSPS) is 22.4. The molecule has 2 aliphatic rings. The van der Waals surface area contributed by atoms with Crippen LogP contribution in [0.1, 0.15) is 25.3 Å². The third-order valence-electron chi connectivity index (χ3n) is 5.66. The van der Waals surface area contributed by atoms with Gasteiger partial charge in [0.15, 0.2) is 15.0 Å². The summed E-state index contributed by atoms with van der Waals surface area (Å²) >= 11 is 1.37. The molecule has 2 saturated heterocycles. The van der Waals surface area contributed by atoms with Crippen molar-refractivity contribution < 1.29 is 22.7 Å². The van der Waals surface area contributed by atoms with Gasteiger partial charge in [-0.05, 0) is 36.2 Å². The van der Waals surface area contributed by atoms with Gasteiger partial charge in [0.2, 0.25) is 0 Å². The van der Waals surface area contributed by atoms with Crippen molar-refractivity contribution in [2.45, 2.75) is 37.5 Å². The molecule has 0 spiro atoms. The zero-order valence-corrected chi connectivity index (χ0v) is 20.4. The second kappa shape index (κ2) is 10.2. The van der Waals surface area contributed by atoms with Gasteiger partial charge in [-0.2, -0.15) is 4.99 Å². The highest BCUT2D eigenvalue weighted by Gasteiger charge is 2.49. The molecule has 2 aliphatic heterocycles. The minimum absolute atomic E-state index is 0.0529. The molecule has 9 heteroatoms. The molecule has 176 valence electrons. The van der Waals surface area contributed by atoms with Crippen LogP contribution in [0.5, 0.6) is 11.5 Å². The van der Waals surface area contributed by atoms with Crippen molar-refractivity contribution in [1.82, 2.24) is 0 Å². The average molecular weight is 489 g/mol. The Bertz CT molecular complexity index is 1130. The van der Waals surface area contributed by atoms with Gasteiger partial charge in [0.1, 0.15) is 11.5 Å². The first kappa shape index (κ1) is 23.6. The molecule has 2 atom stereocenters. The fourth-order valence-electron chi connectivity index (χ4n) is 3.99. The number of ether oxygens (including phenoxy) is 2. The maximum atomic E-state index is 12.8. The Morgan fingerprint density at radius 2 is 1.94 bits per heavy atom. The van der Waals surface area contributed by atoms with Gasteiger partial charge in [-0.3, -0.25) is 4.79 Å². The van der Waals surface area contributed by atoms with Crippen molar-refractivity contribution in [1.29, 1.82) is 0 Å². The van der Waals surface area contributed by atoms with Crippen LogP contribution in [-0.2, 0) is 21.1 Å².